The Morgan fingerprint density at radius 2 is 2.05 bits per heavy atom. The van der Waals surface area contributed by atoms with Crippen LogP contribution in [-0.2, 0) is 11.3 Å². The second kappa shape index (κ2) is 5.17. The summed E-state index contributed by atoms with van der Waals surface area (Å²) in [4.78, 5) is 22.6. The van der Waals surface area contributed by atoms with Gasteiger partial charge in [-0.3, -0.25) is 4.79 Å². The van der Waals surface area contributed by atoms with Gasteiger partial charge in [-0.1, -0.05) is 6.92 Å². The van der Waals surface area contributed by atoms with Crippen molar-refractivity contribution in [3.05, 3.63) is 23.5 Å². The maximum Gasteiger partial charge on any atom is 0.352 e. The zero-order chi connectivity index (χ0) is 14.0. The number of aromatic carboxylic acids is 1. The van der Waals surface area contributed by atoms with E-state index in [4.69, 9.17) is 4.74 Å². The maximum absolute atomic E-state index is 11.4. The van der Waals surface area contributed by atoms with Gasteiger partial charge in [0.15, 0.2) is 5.78 Å². The van der Waals surface area contributed by atoms with Crippen molar-refractivity contribution in [2.24, 2.45) is 5.41 Å². The van der Waals surface area contributed by atoms with Crippen molar-refractivity contribution in [2.75, 3.05) is 13.2 Å². The lowest BCUT2D eigenvalue weighted by Gasteiger charge is -2.34. The minimum atomic E-state index is -0.997. The molecule has 0 saturated carbocycles. The van der Waals surface area contributed by atoms with Crippen LogP contribution in [0.3, 0.4) is 0 Å². The molecule has 0 aliphatic carbocycles. The summed E-state index contributed by atoms with van der Waals surface area (Å²) >= 11 is 0. The van der Waals surface area contributed by atoms with E-state index in [1.165, 1.54) is 13.0 Å². The van der Waals surface area contributed by atoms with E-state index in [0.29, 0.717) is 25.3 Å². The summed E-state index contributed by atoms with van der Waals surface area (Å²) in [5, 5.41) is 9.22. The van der Waals surface area contributed by atoms with E-state index >= 15 is 0 Å². The average Bonchev–Trinajstić information content (AvgIpc) is 2.73. The van der Waals surface area contributed by atoms with Gasteiger partial charge in [0.25, 0.3) is 0 Å². The molecule has 1 aromatic heterocycles. The molecule has 0 atom stereocenters. The van der Waals surface area contributed by atoms with Crippen molar-refractivity contribution in [3.8, 4) is 0 Å². The monoisotopic (exact) mass is 265 g/mol. The zero-order valence-corrected chi connectivity index (χ0v) is 11.3. The van der Waals surface area contributed by atoms with Crippen LogP contribution in [0.1, 0.15) is 47.5 Å². The van der Waals surface area contributed by atoms with E-state index in [1.54, 1.807) is 10.8 Å². The van der Waals surface area contributed by atoms with Gasteiger partial charge in [-0.05, 0) is 31.2 Å². The predicted molar refractivity (Wildman–Crippen MR) is 69.6 cm³/mol. The van der Waals surface area contributed by atoms with Crippen LogP contribution in [0.5, 0.6) is 0 Å². The first-order valence-corrected chi connectivity index (χ1v) is 6.43. The highest BCUT2D eigenvalue weighted by molar-refractivity contribution is 5.97. The number of rotatable bonds is 4. The molecule has 104 valence electrons. The molecule has 5 heteroatoms. The number of nitrogens with zero attached hydrogens (tertiary/aromatic N) is 1. The molecule has 5 nitrogen and oxygen atoms in total. The van der Waals surface area contributed by atoms with Gasteiger partial charge < -0.3 is 14.4 Å². The third-order valence-electron chi connectivity index (χ3n) is 3.77. The number of carbonyl (C=O) groups is 2. The smallest absolute Gasteiger partial charge is 0.352 e. The highest BCUT2D eigenvalue weighted by Crippen LogP contribution is 2.32. The van der Waals surface area contributed by atoms with Crippen molar-refractivity contribution < 1.29 is 19.4 Å². The lowest BCUT2D eigenvalue weighted by molar-refractivity contribution is 0.0150. The molecular weight excluding hydrogens is 246 g/mol. The fourth-order valence-electron chi connectivity index (χ4n) is 2.45. The van der Waals surface area contributed by atoms with Crippen LogP contribution in [-0.4, -0.2) is 34.6 Å². The van der Waals surface area contributed by atoms with E-state index in [0.717, 1.165) is 12.8 Å². The molecule has 1 aliphatic heterocycles. The number of hydrogen-bond donors (Lipinski definition) is 1. The van der Waals surface area contributed by atoms with Gasteiger partial charge in [-0.2, -0.15) is 0 Å². The van der Waals surface area contributed by atoms with Crippen LogP contribution in [0, 0.1) is 5.41 Å². The highest BCUT2D eigenvalue weighted by Gasteiger charge is 2.29. The Morgan fingerprint density at radius 1 is 1.42 bits per heavy atom. The fraction of sp³-hybridized carbons (Fsp3) is 0.571. The molecule has 1 aliphatic rings. The number of ether oxygens (including phenoxy) is 1. The SMILES string of the molecule is CC(=O)c1cc(C(=O)O)n(CC2(C)CCOCC2)c1. The predicted octanol–water partition coefficient (Wildman–Crippen LogP) is 2.21. The molecular formula is C14H19NO4. The Morgan fingerprint density at radius 3 is 2.58 bits per heavy atom. The van der Waals surface area contributed by atoms with Crippen LogP contribution in [0.25, 0.3) is 0 Å². The van der Waals surface area contributed by atoms with E-state index in [2.05, 4.69) is 6.92 Å². The molecule has 0 spiro atoms. The molecule has 2 rings (SSSR count). The first-order chi connectivity index (χ1) is 8.91. The third-order valence-corrected chi connectivity index (χ3v) is 3.77. The second-order valence-corrected chi connectivity index (χ2v) is 5.53. The van der Waals surface area contributed by atoms with Crippen LogP contribution in [0.4, 0.5) is 0 Å². The number of Topliss-reactive ketones (excluding diaryl/α,β-unsaturated/α-hetero) is 1. The first kappa shape index (κ1) is 13.8. The molecule has 0 amide bonds. The summed E-state index contributed by atoms with van der Waals surface area (Å²) in [5.41, 5.74) is 0.654. The summed E-state index contributed by atoms with van der Waals surface area (Å²) in [5.74, 6) is -1.11. The lowest BCUT2D eigenvalue weighted by Crippen LogP contribution is -2.31. The Labute approximate surface area is 112 Å². The van der Waals surface area contributed by atoms with Crippen molar-refractivity contribution in [3.63, 3.8) is 0 Å². The van der Waals surface area contributed by atoms with Gasteiger partial charge >= 0.3 is 5.97 Å². The summed E-state index contributed by atoms with van der Waals surface area (Å²) < 4.78 is 7.03. The Balaban J connectivity index is 2.27. The van der Waals surface area contributed by atoms with Crippen LogP contribution in [0.2, 0.25) is 0 Å². The van der Waals surface area contributed by atoms with Gasteiger partial charge in [0.05, 0.1) is 0 Å². The second-order valence-electron chi connectivity index (χ2n) is 5.53. The highest BCUT2D eigenvalue weighted by atomic mass is 16.5. The van der Waals surface area contributed by atoms with E-state index in [-0.39, 0.29) is 16.9 Å². The van der Waals surface area contributed by atoms with E-state index < -0.39 is 5.97 Å². The van der Waals surface area contributed by atoms with Gasteiger partial charge in [0, 0.05) is 31.5 Å². The molecule has 1 saturated heterocycles. The first-order valence-electron chi connectivity index (χ1n) is 6.43. The van der Waals surface area contributed by atoms with Crippen LogP contribution < -0.4 is 0 Å². The Kier molecular flexibility index (Phi) is 3.75. The standard InChI is InChI=1S/C14H19NO4/c1-10(16)11-7-12(13(17)18)15(8-11)9-14(2)3-5-19-6-4-14/h7-8H,3-6,9H2,1-2H3,(H,17,18). The van der Waals surface area contributed by atoms with Crippen molar-refractivity contribution in [1.29, 1.82) is 0 Å². The van der Waals surface area contributed by atoms with Gasteiger partial charge in [-0.25, -0.2) is 4.79 Å². The number of carbonyl (C=O) groups excluding carboxylic acids is 1. The van der Waals surface area contributed by atoms with Gasteiger partial charge in [-0.15, -0.1) is 0 Å². The molecule has 1 N–H and O–H groups in total. The van der Waals surface area contributed by atoms with Crippen molar-refractivity contribution in [2.45, 2.75) is 33.2 Å². The topological polar surface area (TPSA) is 68.5 Å². The van der Waals surface area contributed by atoms with Gasteiger partial charge in [0.1, 0.15) is 5.69 Å². The van der Waals surface area contributed by atoms with Crippen molar-refractivity contribution in [1.82, 2.24) is 4.57 Å². The van der Waals surface area contributed by atoms with Crippen LogP contribution >= 0.6 is 0 Å². The summed E-state index contributed by atoms with van der Waals surface area (Å²) in [6.07, 6.45) is 3.45. The fourth-order valence-corrected chi connectivity index (χ4v) is 2.45. The molecule has 0 aromatic carbocycles. The number of aromatic nitrogens is 1. The minimum Gasteiger partial charge on any atom is -0.477 e. The third kappa shape index (κ3) is 3.04. The Bertz CT molecular complexity index is 498. The summed E-state index contributed by atoms with van der Waals surface area (Å²) in [7, 11) is 0. The molecule has 0 bridgehead atoms. The Hall–Kier alpha value is -1.62. The summed E-state index contributed by atoms with van der Waals surface area (Å²) in [6, 6.07) is 1.45. The lowest BCUT2D eigenvalue weighted by atomic mass is 9.82. The number of carboxylic acids is 1. The quantitative estimate of drug-likeness (QED) is 0.847. The normalized spacial score (nSPS) is 18.2. The van der Waals surface area contributed by atoms with Gasteiger partial charge in [0.2, 0.25) is 0 Å². The average molecular weight is 265 g/mol. The molecule has 1 aromatic rings. The molecule has 0 radical (unpaired) electrons. The van der Waals surface area contributed by atoms with E-state index in [9.17, 15) is 14.7 Å². The van der Waals surface area contributed by atoms with Crippen LogP contribution in [0.15, 0.2) is 12.3 Å². The van der Waals surface area contributed by atoms with E-state index in [1.807, 2.05) is 0 Å². The number of carboxylic acid groups (broad SMARTS) is 1. The maximum atomic E-state index is 11.4. The summed E-state index contributed by atoms with van der Waals surface area (Å²) in [6.45, 7) is 5.60. The molecule has 19 heavy (non-hydrogen) atoms. The largest absolute Gasteiger partial charge is 0.477 e. The molecule has 1 fully saturated rings. The minimum absolute atomic E-state index is 0.0233. The number of hydrogen-bond acceptors (Lipinski definition) is 3. The number of ketones is 1. The van der Waals surface area contributed by atoms with Crippen molar-refractivity contribution >= 4 is 11.8 Å². The molecule has 0 unspecified atom stereocenters. The zero-order valence-electron chi connectivity index (χ0n) is 11.3. The molecule has 2 heterocycles.